The maximum atomic E-state index is 12.9. The lowest BCUT2D eigenvalue weighted by atomic mass is 9.90. The topological polar surface area (TPSA) is 98.7 Å². The summed E-state index contributed by atoms with van der Waals surface area (Å²) < 4.78 is 11.2. The van der Waals surface area contributed by atoms with Crippen LogP contribution in [-0.4, -0.2) is 41.1 Å². The van der Waals surface area contributed by atoms with E-state index in [0.29, 0.717) is 36.5 Å². The van der Waals surface area contributed by atoms with Crippen LogP contribution in [0.15, 0.2) is 34.9 Å². The third kappa shape index (κ3) is 3.87. The molecular weight excluding hydrogens is 334 g/mol. The van der Waals surface area contributed by atoms with Gasteiger partial charge in [-0.25, -0.2) is 0 Å². The first-order valence-corrected chi connectivity index (χ1v) is 8.68. The molecule has 7 nitrogen and oxygen atoms in total. The molecule has 0 saturated carbocycles. The van der Waals surface area contributed by atoms with E-state index in [-0.39, 0.29) is 24.3 Å². The van der Waals surface area contributed by atoms with Gasteiger partial charge in [-0.05, 0) is 26.0 Å². The Bertz CT molecular complexity index is 768. The number of hydrogen-bond acceptors (Lipinski definition) is 5. The van der Waals surface area contributed by atoms with Gasteiger partial charge in [0.1, 0.15) is 23.2 Å². The summed E-state index contributed by atoms with van der Waals surface area (Å²) in [7, 11) is 0. The summed E-state index contributed by atoms with van der Waals surface area (Å²) in [5, 5.41) is 3.85. The van der Waals surface area contributed by atoms with E-state index >= 15 is 0 Å². The molecule has 0 bridgehead atoms. The maximum Gasteiger partial charge on any atom is 0.259 e. The van der Waals surface area contributed by atoms with Crippen LogP contribution in [0.3, 0.4) is 0 Å². The maximum absolute atomic E-state index is 12.9. The number of nitrogens with zero attached hydrogens (tertiary/aromatic N) is 2. The number of ether oxygens (including phenoxy) is 1. The Morgan fingerprint density at radius 1 is 1.31 bits per heavy atom. The molecule has 0 unspecified atom stereocenters. The van der Waals surface area contributed by atoms with Crippen molar-refractivity contribution in [1.82, 2.24) is 10.1 Å². The highest BCUT2D eigenvalue weighted by Gasteiger charge is 2.35. The fourth-order valence-electron chi connectivity index (χ4n) is 3.43. The second kappa shape index (κ2) is 7.59. The molecule has 138 valence electrons. The second-order valence-corrected chi connectivity index (χ2v) is 6.64. The van der Waals surface area contributed by atoms with Gasteiger partial charge in [-0.3, -0.25) is 9.59 Å². The number of hydrogen-bond donors (Lipinski definition) is 1. The zero-order valence-electron chi connectivity index (χ0n) is 15.0. The van der Waals surface area contributed by atoms with Crippen LogP contribution in [0.1, 0.15) is 34.7 Å². The molecule has 2 atom stereocenters. The highest BCUT2D eigenvalue weighted by atomic mass is 16.5. The number of piperidine rings is 1. The number of aromatic nitrogens is 1. The van der Waals surface area contributed by atoms with Crippen molar-refractivity contribution in [3.8, 4) is 5.75 Å². The number of para-hydroxylation sites is 1. The molecule has 2 N–H and O–H groups in total. The van der Waals surface area contributed by atoms with E-state index in [9.17, 15) is 9.59 Å². The molecule has 1 fully saturated rings. The molecule has 1 aromatic carbocycles. The summed E-state index contributed by atoms with van der Waals surface area (Å²) in [6.45, 7) is 4.41. The lowest BCUT2D eigenvalue weighted by Gasteiger charge is -2.38. The van der Waals surface area contributed by atoms with E-state index in [1.54, 1.807) is 18.7 Å². The second-order valence-electron chi connectivity index (χ2n) is 6.64. The average Bonchev–Trinajstić information content (AvgIpc) is 2.95. The summed E-state index contributed by atoms with van der Waals surface area (Å²) in [5.41, 5.74) is 6.48. The molecule has 3 rings (SSSR count). The summed E-state index contributed by atoms with van der Waals surface area (Å²) in [6, 6.07) is 9.47. The van der Waals surface area contributed by atoms with E-state index in [4.69, 9.17) is 15.0 Å². The molecule has 1 aliphatic heterocycles. The van der Waals surface area contributed by atoms with Gasteiger partial charge in [0.05, 0.1) is 5.69 Å². The number of benzene rings is 1. The predicted octanol–water partition coefficient (Wildman–Crippen LogP) is 2.08. The van der Waals surface area contributed by atoms with E-state index in [0.717, 1.165) is 5.75 Å². The monoisotopic (exact) mass is 357 g/mol. The lowest BCUT2D eigenvalue weighted by Crippen LogP contribution is -2.49. The fraction of sp³-hybridized carbons (Fsp3) is 0.421. The van der Waals surface area contributed by atoms with Gasteiger partial charge in [-0.1, -0.05) is 23.4 Å². The van der Waals surface area contributed by atoms with Crippen LogP contribution in [0, 0.1) is 19.8 Å². The van der Waals surface area contributed by atoms with Crippen LogP contribution in [0.5, 0.6) is 5.75 Å². The summed E-state index contributed by atoms with van der Waals surface area (Å²) in [6.07, 6.45) is 0.629. The Morgan fingerprint density at radius 3 is 2.65 bits per heavy atom. The minimum absolute atomic E-state index is 0.131. The van der Waals surface area contributed by atoms with Gasteiger partial charge in [-0.15, -0.1) is 0 Å². The zero-order chi connectivity index (χ0) is 18.7. The Hall–Kier alpha value is -2.83. The number of aryl methyl sites for hydroxylation is 2. The highest BCUT2D eigenvalue weighted by molar-refractivity contribution is 5.96. The molecule has 2 heterocycles. The number of nitrogens with two attached hydrogens (primary N) is 1. The van der Waals surface area contributed by atoms with Gasteiger partial charge < -0.3 is 19.9 Å². The molecule has 0 aliphatic carbocycles. The van der Waals surface area contributed by atoms with Crippen molar-refractivity contribution in [2.75, 3.05) is 13.1 Å². The Balaban J connectivity index is 1.75. The molecule has 7 heteroatoms. The van der Waals surface area contributed by atoms with Crippen molar-refractivity contribution in [3.63, 3.8) is 0 Å². The Kier molecular flexibility index (Phi) is 5.25. The van der Waals surface area contributed by atoms with E-state index < -0.39 is 5.91 Å². The molecule has 1 aromatic heterocycles. The quantitative estimate of drug-likeness (QED) is 0.883. The van der Waals surface area contributed by atoms with Crippen LogP contribution in [0.2, 0.25) is 0 Å². The van der Waals surface area contributed by atoms with Crippen LogP contribution >= 0.6 is 0 Å². The van der Waals surface area contributed by atoms with E-state index in [1.165, 1.54) is 0 Å². The number of primary amides is 1. The minimum atomic E-state index is -0.400. The predicted molar refractivity (Wildman–Crippen MR) is 94.7 cm³/mol. The molecule has 26 heavy (non-hydrogen) atoms. The van der Waals surface area contributed by atoms with Gasteiger partial charge in [0.2, 0.25) is 5.91 Å². The van der Waals surface area contributed by atoms with Crippen molar-refractivity contribution in [2.45, 2.75) is 32.8 Å². The third-order valence-electron chi connectivity index (χ3n) is 4.69. The van der Waals surface area contributed by atoms with Crippen LogP contribution in [-0.2, 0) is 4.79 Å². The average molecular weight is 357 g/mol. The summed E-state index contributed by atoms with van der Waals surface area (Å²) in [4.78, 5) is 26.1. The van der Waals surface area contributed by atoms with Crippen molar-refractivity contribution in [1.29, 1.82) is 0 Å². The van der Waals surface area contributed by atoms with Crippen molar-refractivity contribution in [2.24, 2.45) is 11.7 Å². The molecule has 1 saturated heterocycles. The number of carbonyl (C=O) groups excluding carboxylic acids is 2. The first-order valence-electron chi connectivity index (χ1n) is 8.68. The van der Waals surface area contributed by atoms with Crippen LogP contribution in [0.25, 0.3) is 0 Å². The third-order valence-corrected chi connectivity index (χ3v) is 4.69. The SMILES string of the molecule is Cc1noc(C)c1C(=O)N1CC[C@H](Oc2ccccc2)[C@@H](CC(N)=O)C1. The van der Waals surface area contributed by atoms with Crippen molar-refractivity contribution >= 4 is 11.8 Å². The molecule has 0 spiro atoms. The minimum Gasteiger partial charge on any atom is -0.490 e. The Labute approximate surface area is 152 Å². The standard InChI is InChI=1S/C19H23N3O4/c1-12-18(13(2)26-21-12)19(24)22-9-8-16(14(11-22)10-17(20)23)25-15-6-4-3-5-7-15/h3-7,14,16H,8-11H2,1-2H3,(H2,20,23)/t14-,16-/m0/s1. The van der Waals surface area contributed by atoms with E-state index in [2.05, 4.69) is 5.16 Å². The van der Waals surface area contributed by atoms with Crippen LogP contribution < -0.4 is 10.5 Å². The summed E-state index contributed by atoms with van der Waals surface area (Å²) >= 11 is 0. The van der Waals surface area contributed by atoms with Gasteiger partial charge >= 0.3 is 0 Å². The van der Waals surface area contributed by atoms with Crippen LogP contribution in [0.4, 0.5) is 0 Å². The molecule has 0 radical (unpaired) electrons. The lowest BCUT2D eigenvalue weighted by molar-refractivity contribution is -0.120. The molecule has 2 aromatic rings. The van der Waals surface area contributed by atoms with Crippen molar-refractivity contribution in [3.05, 3.63) is 47.3 Å². The molecule has 1 aliphatic rings. The van der Waals surface area contributed by atoms with Gasteiger partial charge in [0.15, 0.2) is 0 Å². The van der Waals surface area contributed by atoms with Crippen molar-refractivity contribution < 1.29 is 18.8 Å². The van der Waals surface area contributed by atoms with Gasteiger partial charge in [-0.2, -0.15) is 0 Å². The number of carbonyl (C=O) groups is 2. The fourth-order valence-corrected chi connectivity index (χ4v) is 3.43. The molecular formula is C19H23N3O4. The van der Waals surface area contributed by atoms with E-state index in [1.807, 2.05) is 30.3 Å². The number of amides is 2. The zero-order valence-corrected chi connectivity index (χ0v) is 15.0. The summed E-state index contributed by atoms with van der Waals surface area (Å²) in [5.74, 6) is 0.558. The molecule has 2 amide bonds. The smallest absolute Gasteiger partial charge is 0.259 e. The van der Waals surface area contributed by atoms with Gasteiger partial charge in [0, 0.05) is 31.8 Å². The highest BCUT2D eigenvalue weighted by Crippen LogP contribution is 2.27. The largest absolute Gasteiger partial charge is 0.490 e. The van der Waals surface area contributed by atoms with Gasteiger partial charge in [0.25, 0.3) is 5.91 Å². The first-order chi connectivity index (χ1) is 12.5. The Morgan fingerprint density at radius 2 is 2.04 bits per heavy atom. The number of rotatable bonds is 5. The first kappa shape index (κ1) is 18.0. The number of likely N-dealkylation sites (tertiary alicyclic amines) is 1. The normalized spacial score (nSPS) is 20.0.